The lowest BCUT2D eigenvalue weighted by molar-refractivity contribution is 0.621. The Kier molecular flexibility index (Phi) is 3.06. The van der Waals surface area contributed by atoms with E-state index >= 15 is 0 Å². The van der Waals surface area contributed by atoms with Crippen molar-refractivity contribution in [2.75, 3.05) is 11.9 Å². The predicted molar refractivity (Wildman–Crippen MR) is 75.6 cm³/mol. The van der Waals surface area contributed by atoms with E-state index in [0.717, 1.165) is 16.6 Å². The zero-order chi connectivity index (χ0) is 13.2. The van der Waals surface area contributed by atoms with Crippen LogP contribution in [0.3, 0.4) is 0 Å². The Balaban J connectivity index is 1.92. The lowest BCUT2D eigenvalue weighted by Crippen LogP contribution is -2.31. The number of pyridine rings is 1. The summed E-state index contributed by atoms with van der Waals surface area (Å²) in [5.74, 6) is 0.645. The molecule has 1 aromatic heterocycles. The summed E-state index contributed by atoms with van der Waals surface area (Å²) >= 11 is 0. The van der Waals surface area contributed by atoms with Crippen molar-refractivity contribution >= 4 is 16.6 Å². The largest absolute Gasteiger partial charge is 0.382 e. The monoisotopic (exact) mass is 252 g/mol. The van der Waals surface area contributed by atoms with Gasteiger partial charge in [-0.1, -0.05) is 18.2 Å². The second kappa shape index (κ2) is 4.87. The van der Waals surface area contributed by atoms with Crippen molar-refractivity contribution in [3.63, 3.8) is 0 Å². The van der Waals surface area contributed by atoms with E-state index in [0.29, 0.717) is 18.0 Å². The highest BCUT2D eigenvalue weighted by Crippen LogP contribution is 2.32. The van der Waals surface area contributed by atoms with Crippen LogP contribution in [0.1, 0.15) is 18.4 Å². The van der Waals surface area contributed by atoms with Gasteiger partial charge < -0.3 is 11.1 Å². The van der Waals surface area contributed by atoms with Gasteiger partial charge in [0, 0.05) is 24.2 Å². The Morgan fingerprint density at radius 2 is 2.21 bits per heavy atom. The molecule has 4 nitrogen and oxygen atoms in total. The predicted octanol–water partition coefficient (Wildman–Crippen LogP) is 2.26. The van der Waals surface area contributed by atoms with Crippen LogP contribution in [0.15, 0.2) is 30.5 Å². The first-order chi connectivity index (χ1) is 9.29. The Hall–Kier alpha value is -2.12. The zero-order valence-electron chi connectivity index (χ0n) is 10.6. The molecule has 0 spiro atoms. The summed E-state index contributed by atoms with van der Waals surface area (Å²) < 4.78 is 0. The number of para-hydroxylation sites is 1. The Bertz CT molecular complexity index is 640. The molecule has 96 valence electrons. The Morgan fingerprint density at radius 3 is 2.95 bits per heavy atom. The van der Waals surface area contributed by atoms with Crippen molar-refractivity contribution in [2.45, 2.75) is 18.9 Å². The number of hydrogen-bond acceptors (Lipinski definition) is 4. The number of nitriles is 1. The third kappa shape index (κ3) is 2.38. The molecule has 4 heteroatoms. The molecule has 1 aromatic carbocycles. The maximum Gasteiger partial charge on any atom is 0.103 e. The molecule has 3 N–H and O–H groups in total. The molecule has 0 amide bonds. The number of nitrogens with two attached hydrogens (primary N) is 1. The van der Waals surface area contributed by atoms with Crippen LogP contribution in [0.5, 0.6) is 0 Å². The maximum atomic E-state index is 9.20. The van der Waals surface area contributed by atoms with Gasteiger partial charge in [-0.05, 0) is 24.8 Å². The molecule has 1 heterocycles. The average Bonchev–Trinajstić information content (AvgIpc) is 3.28. The molecule has 19 heavy (non-hydrogen) atoms. The highest BCUT2D eigenvalue weighted by atomic mass is 14.9. The summed E-state index contributed by atoms with van der Waals surface area (Å²) in [6, 6.07) is 10.2. The number of benzene rings is 1. The van der Waals surface area contributed by atoms with Crippen molar-refractivity contribution in [1.82, 2.24) is 4.98 Å². The summed E-state index contributed by atoms with van der Waals surface area (Å²) in [7, 11) is 0. The number of anilines is 1. The van der Waals surface area contributed by atoms with Gasteiger partial charge in [0.25, 0.3) is 0 Å². The molecule has 0 aliphatic heterocycles. The van der Waals surface area contributed by atoms with E-state index in [1.165, 1.54) is 12.8 Å². The fourth-order valence-electron chi connectivity index (χ4n) is 2.33. The SMILES string of the molecule is N#Cc1cnc2ccccc2c1NCC(N)C1CC1. The third-order valence-corrected chi connectivity index (χ3v) is 3.64. The summed E-state index contributed by atoms with van der Waals surface area (Å²) in [6.07, 6.45) is 4.07. The zero-order valence-corrected chi connectivity index (χ0v) is 10.6. The summed E-state index contributed by atoms with van der Waals surface area (Å²) in [5, 5.41) is 13.5. The molecule has 3 rings (SSSR count). The maximum absolute atomic E-state index is 9.20. The smallest absolute Gasteiger partial charge is 0.103 e. The normalized spacial score (nSPS) is 16.0. The number of hydrogen-bond donors (Lipinski definition) is 2. The molecule has 1 unspecified atom stereocenters. The fourth-order valence-corrected chi connectivity index (χ4v) is 2.33. The quantitative estimate of drug-likeness (QED) is 0.875. The van der Waals surface area contributed by atoms with E-state index < -0.39 is 0 Å². The lowest BCUT2D eigenvalue weighted by atomic mass is 10.1. The van der Waals surface area contributed by atoms with E-state index in [2.05, 4.69) is 16.4 Å². The third-order valence-electron chi connectivity index (χ3n) is 3.64. The van der Waals surface area contributed by atoms with Gasteiger partial charge in [0.1, 0.15) is 6.07 Å². The molecule has 1 fully saturated rings. The van der Waals surface area contributed by atoms with Crippen LogP contribution in [0, 0.1) is 17.2 Å². The standard InChI is InChI=1S/C15H16N4/c16-7-11-8-18-14-4-2-1-3-12(14)15(11)19-9-13(17)10-5-6-10/h1-4,8,10,13H,5-6,9,17H2,(H,18,19). The Morgan fingerprint density at radius 1 is 1.42 bits per heavy atom. The molecular weight excluding hydrogens is 236 g/mol. The number of aromatic nitrogens is 1. The molecule has 0 radical (unpaired) electrons. The van der Waals surface area contributed by atoms with Gasteiger partial charge in [-0.3, -0.25) is 4.98 Å². The first kappa shape index (κ1) is 11.9. The second-order valence-corrected chi connectivity index (χ2v) is 5.06. The van der Waals surface area contributed by atoms with Crippen molar-refractivity contribution in [3.8, 4) is 6.07 Å². The molecular formula is C15H16N4. The molecule has 1 atom stereocenters. The van der Waals surface area contributed by atoms with Crippen molar-refractivity contribution in [1.29, 1.82) is 5.26 Å². The summed E-state index contributed by atoms with van der Waals surface area (Å²) in [4.78, 5) is 4.29. The van der Waals surface area contributed by atoms with Crippen LogP contribution in [0.2, 0.25) is 0 Å². The summed E-state index contributed by atoms with van der Waals surface area (Å²) in [5.41, 5.74) is 8.42. The minimum absolute atomic E-state index is 0.165. The lowest BCUT2D eigenvalue weighted by Gasteiger charge is -2.15. The fraction of sp³-hybridized carbons (Fsp3) is 0.333. The molecule has 2 aromatic rings. The first-order valence-corrected chi connectivity index (χ1v) is 6.57. The van der Waals surface area contributed by atoms with Crippen molar-refractivity contribution < 1.29 is 0 Å². The van der Waals surface area contributed by atoms with Crippen LogP contribution in [-0.4, -0.2) is 17.6 Å². The average molecular weight is 252 g/mol. The number of rotatable bonds is 4. The van der Waals surface area contributed by atoms with E-state index in [9.17, 15) is 5.26 Å². The first-order valence-electron chi connectivity index (χ1n) is 6.57. The minimum Gasteiger partial charge on any atom is -0.382 e. The van der Waals surface area contributed by atoms with Gasteiger partial charge in [-0.2, -0.15) is 5.26 Å². The molecule has 0 saturated heterocycles. The number of fused-ring (bicyclic) bond motifs is 1. The summed E-state index contributed by atoms with van der Waals surface area (Å²) in [6.45, 7) is 0.702. The van der Waals surface area contributed by atoms with Crippen molar-refractivity contribution in [2.24, 2.45) is 11.7 Å². The topological polar surface area (TPSA) is 74.7 Å². The molecule has 1 aliphatic rings. The van der Waals surface area contributed by atoms with Gasteiger partial charge in [-0.15, -0.1) is 0 Å². The van der Waals surface area contributed by atoms with Gasteiger partial charge in [0.2, 0.25) is 0 Å². The van der Waals surface area contributed by atoms with Crippen LogP contribution >= 0.6 is 0 Å². The highest BCUT2D eigenvalue weighted by molar-refractivity contribution is 5.93. The minimum atomic E-state index is 0.165. The Labute approximate surface area is 112 Å². The van der Waals surface area contributed by atoms with E-state index in [1.807, 2.05) is 24.3 Å². The number of nitrogens with zero attached hydrogens (tertiary/aromatic N) is 2. The van der Waals surface area contributed by atoms with Gasteiger partial charge >= 0.3 is 0 Å². The molecule has 1 saturated carbocycles. The van der Waals surface area contributed by atoms with Crippen LogP contribution in [0.4, 0.5) is 5.69 Å². The van der Waals surface area contributed by atoms with Gasteiger partial charge in [0.05, 0.1) is 16.8 Å². The highest BCUT2D eigenvalue weighted by Gasteiger charge is 2.28. The van der Waals surface area contributed by atoms with Crippen LogP contribution < -0.4 is 11.1 Å². The number of nitrogens with one attached hydrogen (secondary N) is 1. The molecule has 0 bridgehead atoms. The van der Waals surface area contributed by atoms with Crippen LogP contribution in [-0.2, 0) is 0 Å². The van der Waals surface area contributed by atoms with Gasteiger partial charge in [-0.25, -0.2) is 0 Å². The van der Waals surface area contributed by atoms with E-state index in [-0.39, 0.29) is 6.04 Å². The molecule has 1 aliphatic carbocycles. The van der Waals surface area contributed by atoms with Gasteiger partial charge in [0.15, 0.2) is 0 Å². The van der Waals surface area contributed by atoms with E-state index in [4.69, 9.17) is 5.73 Å². The van der Waals surface area contributed by atoms with Crippen LogP contribution in [0.25, 0.3) is 10.9 Å². The van der Waals surface area contributed by atoms with E-state index in [1.54, 1.807) is 6.20 Å². The van der Waals surface area contributed by atoms with Crippen molar-refractivity contribution in [3.05, 3.63) is 36.0 Å². The second-order valence-electron chi connectivity index (χ2n) is 5.06.